The van der Waals surface area contributed by atoms with Crippen LogP contribution >= 0.6 is 0 Å². The molecule has 0 saturated heterocycles. The summed E-state index contributed by atoms with van der Waals surface area (Å²) in [6.45, 7) is 8.08. The third-order valence-electron chi connectivity index (χ3n) is 3.13. The van der Waals surface area contributed by atoms with Crippen molar-refractivity contribution >= 4 is 33.3 Å². The van der Waals surface area contributed by atoms with Gasteiger partial charge in [0.2, 0.25) is 0 Å². The zero-order valence-corrected chi connectivity index (χ0v) is 16.0. The zero-order valence-electron chi connectivity index (χ0n) is 12.1. The number of aryl methyl sites for hydroxylation is 2. The predicted octanol–water partition coefficient (Wildman–Crippen LogP) is 3.19. The van der Waals surface area contributed by atoms with Crippen molar-refractivity contribution < 1.29 is 14.6 Å². The van der Waals surface area contributed by atoms with Crippen LogP contribution in [0.15, 0.2) is 18.2 Å². The summed E-state index contributed by atoms with van der Waals surface area (Å²) < 4.78 is 5.70. The molecule has 0 aliphatic carbocycles. The minimum absolute atomic E-state index is 0. The first-order valence-electron chi connectivity index (χ1n) is 6.26. The van der Waals surface area contributed by atoms with E-state index in [1.54, 1.807) is 13.8 Å². The van der Waals surface area contributed by atoms with Crippen LogP contribution in [0.25, 0.3) is 0 Å². The number of ether oxygens (including phenoxy) is 1. The van der Waals surface area contributed by atoms with Crippen LogP contribution in [0.5, 0.6) is 5.75 Å². The Hall–Kier alpha value is -0.588. The average Bonchev–Trinajstić information content (AvgIpc) is 2.28. The van der Waals surface area contributed by atoms with E-state index < -0.39 is 11.4 Å². The third-order valence-corrected chi connectivity index (χ3v) is 3.13. The number of rotatable bonds is 6. The van der Waals surface area contributed by atoms with Crippen molar-refractivity contribution in [3.05, 3.63) is 29.3 Å². The number of benzene rings is 1. The Bertz CT molecular complexity index is 427. The van der Waals surface area contributed by atoms with Crippen LogP contribution in [-0.2, 0) is 4.79 Å². The summed E-state index contributed by atoms with van der Waals surface area (Å²) >= 11 is 0. The Morgan fingerprint density at radius 2 is 1.95 bits per heavy atom. The Balaban J connectivity index is 0.00000324. The SMILES string of the molecule is Cc1ccc(C)c(OCCCC(C)(C)C(=O)O)c1.[Pb]. The van der Waals surface area contributed by atoms with Crippen molar-refractivity contribution in [2.24, 2.45) is 5.41 Å². The maximum atomic E-state index is 10.9. The van der Waals surface area contributed by atoms with E-state index in [9.17, 15) is 4.79 Å². The van der Waals surface area contributed by atoms with Gasteiger partial charge in [0, 0.05) is 27.3 Å². The van der Waals surface area contributed by atoms with Gasteiger partial charge in [-0.1, -0.05) is 12.1 Å². The number of aliphatic carboxylic acids is 1. The van der Waals surface area contributed by atoms with E-state index in [1.807, 2.05) is 26.0 Å². The van der Waals surface area contributed by atoms with E-state index in [1.165, 1.54) is 5.56 Å². The molecule has 0 atom stereocenters. The molecule has 0 bridgehead atoms. The van der Waals surface area contributed by atoms with Crippen LogP contribution in [0, 0.1) is 19.3 Å². The van der Waals surface area contributed by atoms with Crippen LogP contribution in [0.1, 0.15) is 37.8 Å². The molecule has 0 spiro atoms. The molecule has 4 heteroatoms. The van der Waals surface area contributed by atoms with Crippen LogP contribution in [0.4, 0.5) is 0 Å². The maximum Gasteiger partial charge on any atom is 0.309 e. The summed E-state index contributed by atoms with van der Waals surface area (Å²) in [6.07, 6.45) is 1.36. The molecule has 0 saturated carbocycles. The minimum atomic E-state index is -0.755. The fourth-order valence-corrected chi connectivity index (χ4v) is 1.67. The molecule has 0 heterocycles. The largest absolute Gasteiger partial charge is 0.493 e. The normalized spacial score (nSPS) is 10.7. The predicted molar refractivity (Wildman–Crippen MR) is 77.8 cm³/mol. The average molecular weight is 458 g/mol. The summed E-state index contributed by atoms with van der Waals surface area (Å²) in [4.78, 5) is 10.9. The molecular formula is C15H22O3Pb. The Labute approximate surface area is 135 Å². The van der Waals surface area contributed by atoms with Gasteiger partial charge in [0.1, 0.15) is 5.75 Å². The van der Waals surface area contributed by atoms with Gasteiger partial charge in [-0.3, -0.25) is 4.79 Å². The van der Waals surface area contributed by atoms with Crippen molar-refractivity contribution in [3.63, 3.8) is 0 Å². The van der Waals surface area contributed by atoms with Crippen molar-refractivity contribution in [1.29, 1.82) is 0 Å². The molecule has 3 nitrogen and oxygen atoms in total. The quantitative estimate of drug-likeness (QED) is 0.527. The van der Waals surface area contributed by atoms with Gasteiger partial charge in [-0.15, -0.1) is 0 Å². The smallest absolute Gasteiger partial charge is 0.309 e. The zero-order chi connectivity index (χ0) is 13.8. The first kappa shape index (κ1) is 18.4. The number of carboxylic acid groups (broad SMARTS) is 1. The molecule has 1 rings (SSSR count). The fourth-order valence-electron chi connectivity index (χ4n) is 1.67. The summed E-state index contributed by atoms with van der Waals surface area (Å²) in [5.41, 5.74) is 1.60. The van der Waals surface area contributed by atoms with Crippen molar-refractivity contribution in [1.82, 2.24) is 0 Å². The van der Waals surface area contributed by atoms with Gasteiger partial charge in [0.15, 0.2) is 0 Å². The van der Waals surface area contributed by atoms with Gasteiger partial charge < -0.3 is 9.84 Å². The van der Waals surface area contributed by atoms with Gasteiger partial charge in [-0.05, 0) is 57.7 Å². The summed E-state index contributed by atoms with van der Waals surface area (Å²) in [5, 5.41) is 9.00. The van der Waals surface area contributed by atoms with Gasteiger partial charge in [0.05, 0.1) is 12.0 Å². The number of carbonyl (C=O) groups is 1. The van der Waals surface area contributed by atoms with E-state index in [-0.39, 0.29) is 27.3 Å². The standard InChI is InChI=1S/C15H22O3.Pb/c1-11-6-7-12(2)13(10-11)18-9-5-8-15(3,4)14(16)17;/h6-7,10H,5,8-9H2,1-4H3,(H,16,17);. The number of hydrogen-bond acceptors (Lipinski definition) is 2. The molecule has 1 aromatic rings. The third kappa shape index (κ3) is 5.93. The molecule has 19 heavy (non-hydrogen) atoms. The van der Waals surface area contributed by atoms with Gasteiger partial charge >= 0.3 is 5.97 Å². The van der Waals surface area contributed by atoms with Crippen LogP contribution in [0.3, 0.4) is 0 Å². The Morgan fingerprint density at radius 1 is 1.32 bits per heavy atom. The van der Waals surface area contributed by atoms with E-state index in [0.717, 1.165) is 17.7 Å². The number of carboxylic acids is 1. The number of hydrogen-bond donors (Lipinski definition) is 1. The maximum absolute atomic E-state index is 10.9. The molecule has 1 N–H and O–H groups in total. The molecule has 4 radical (unpaired) electrons. The second-order valence-electron chi connectivity index (χ2n) is 5.41. The topological polar surface area (TPSA) is 46.5 Å². The van der Waals surface area contributed by atoms with E-state index in [4.69, 9.17) is 9.84 Å². The van der Waals surface area contributed by atoms with E-state index in [0.29, 0.717) is 13.0 Å². The van der Waals surface area contributed by atoms with Crippen LogP contribution in [-0.4, -0.2) is 45.0 Å². The summed E-state index contributed by atoms with van der Waals surface area (Å²) in [6, 6.07) is 6.10. The molecule has 0 amide bonds. The minimum Gasteiger partial charge on any atom is -0.493 e. The molecule has 0 unspecified atom stereocenters. The van der Waals surface area contributed by atoms with E-state index >= 15 is 0 Å². The molecule has 0 aliphatic rings. The summed E-state index contributed by atoms with van der Waals surface area (Å²) in [5.74, 6) is 0.136. The Kier molecular flexibility index (Phi) is 7.63. The molecule has 0 aliphatic heterocycles. The van der Waals surface area contributed by atoms with Crippen LogP contribution in [0.2, 0.25) is 0 Å². The first-order chi connectivity index (χ1) is 8.33. The van der Waals surface area contributed by atoms with Gasteiger partial charge in [-0.2, -0.15) is 0 Å². The summed E-state index contributed by atoms with van der Waals surface area (Å²) in [7, 11) is 0. The van der Waals surface area contributed by atoms with E-state index in [2.05, 4.69) is 6.07 Å². The van der Waals surface area contributed by atoms with Crippen molar-refractivity contribution in [2.45, 2.75) is 40.5 Å². The van der Waals surface area contributed by atoms with Crippen molar-refractivity contribution in [3.8, 4) is 5.75 Å². The van der Waals surface area contributed by atoms with Gasteiger partial charge in [-0.25, -0.2) is 0 Å². The van der Waals surface area contributed by atoms with Crippen molar-refractivity contribution in [2.75, 3.05) is 6.61 Å². The monoisotopic (exact) mass is 458 g/mol. The Morgan fingerprint density at radius 3 is 2.53 bits per heavy atom. The van der Waals surface area contributed by atoms with Gasteiger partial charge in [0.25, 0.3) is 0 Å². The molecule has 0 aromatic heterocycles. The second kappa shape index (κ2) is 7.87. The molecule has 1 aromatic carbocycles. The fraction of sp³-hybridized carbons (Fsp3) is 0.533. The van der Waals surface area contributed by atoms with Crippen LogP contribution < -0.4 is 4.74 Å². The molecule has 0 fully saturated rings. The molecule has 104 valence electrons. The first-order valence-corrected chi connectivity index (χ1v) is 6.26. The molecular weight excluding hydrogens is 435 g/mol. The second-order valence-corrected chi connectivity index (χ2v) is 5.41.